The Bertz CT molecular complexity index is 1220. The summed E-state index contributed by atoms with van der Waals surface area (Å²) >= 11 is 1.36. The van der Waals surface area contributed by atoms with Crippen molar-refractivity contribution in [1.29, 1.82) is 0 Å². The molecule has 0 spiro atoms. The van der Waals surface area contributed by atoms with E-state index in [2.05, 4.69) is 19.2 Å². The van der Waals surface area contributed by atoms with Crippen LogP contribution in [0.5, 0.6) is 0 Å². The van der Waals surface area contributed by atoms with Crippen LogP contribution in [-0.4, -0.2) is 21.6 Å². The molecule has 1 amide bonds. The van der Waals surface area contributed by atoms with Gasteiger partial charge in [0.2, 0.25) is 5.91 Å². The van der Waals surface area contributed by atoms with Gasteiger partial charge in [0.25, 0.3) is 0 Å². The molecule has 4 nitrogen and oxygen atoms in total. The summed E-state index contributed by atoms with van der Waals surface area (Å²) in [6.07, 6.45) is 0.513. The van der Waals surface area contributed by atoms with Crippen LogP contribution in [0, 0.1) is 5.82 Å². The van der Waals surface area contributed by atoms with E-state index in [0.717, 1.165) is 28.0 Å². The Morgan fingerprint density at radius 2 is 1.59 bits per heavy atom. The molecule has 0 aliphatic rings. The topological polar surface area (TPSA) is 54.9 Å². The quantitative estimate of drug-likeness (QED) is 0.344. The second kappa shape index (κ2) is 9.92. The van der Waals surface area contributed by atoms with E-state index in [1.807, 2.05) is 48.5 Å². The molecule has 0 aliphatic carbocycles. The maximum atomic E-state index is 13.3. The summed E-state index contributed by atoms with van der Waals surface area (Å²) in [5.41, 5.74) is 5.29. The van der Waals surface area contributed by atoms with E-state index in [9.17, 15) is 9.18 Å². The maximum absolute atomic E-state index is 13.3. The molecular formula is C26H24FN3OS. The van der Waals surface area contributed by atoms with Gasteiger partial charge in [-0.05, 0) is 53.4 Å². The van der Waals surface area contributed by atoms with Crippen LogP contribution in [0.25, 0.3) is 11.0 Å². The zero-order valence-electron chi connectivity index (χ0n) is 18.0. The Morgan fingerprint density at radius 3 is 2.25 bits per heavy atom. The van der Waals surface area contributed by atoms with Gasteiger partial charge < -0.3 is 5.32 Å². The number of para-hydroxylation sites is 2. The SMILES string of the molecule is CC(C)c1ccc(NC(=O)CSc2nc3ccccc3nc2Cc2ccc(F)cc2)cc1. The van der Waals surface area contributed by atoms with E-state index in [4.69, 9.17) is 9.97 Å². The van der Waals surface area contributed by atoms with Crippen molar-refractivity contribution in [3.8, 4) is 0 Å². The van der Waals surface area contributed by atoms with Crippen molar-refractivity contribution in [3.05, 3.63) is 95.4 Å². The summed E-state index contributed by atoms with van der Waals surface area (Å²) in [6.45, 7) is 4.27. The predicted molar refractivity (Wildman–Crippen MR) is 129 cm³/mol. The molecule has 4 aromatic rings. The average Bonchev–Trinajstić information content (AvgIpc) is 2.79. The van der Waals surface area contributed by atoms with Crippen LogP contribution in [0.1, 0.15) is 36.6 Å². The third-order valence-corrected chi connectivity index (χ3v) is 6.10. The third-order valence-electron chi connectivity index (χ3n) is 5.09. The first-order chi connectivity index (χ1) is 15.5. The number of nitrogens with zero attached hydrogens (tertiary/aromatic N) is 2. The summed E-state index contributed by atoms with van der Waals surface area (Å²) in [4.78, 5) is 22.1. The molecule has 162 valence electrons. The maximum Gasteiger partial charge on any atom is 0.234 e. The molecule has 0 fully saturated rings. The van der Waals surface area contributed by atoms with Gasteiger partial charge >= 0.3 is 0 Å². The molecule has 3 aromatic carbocycles. The summed E-state index contributed by atoms with van der Waals surface area (Å²) in [5.74, 6) is 0.289. The third kappa shape index (κ3) is 5.51. The first-order valence-electron chi connectivity index (χ1n) is 10.5. The van der Waals surface area contributed by atoms with E-state index in [1.165, 1.54) is 29.5 Å². The number of amides is 1. The summed E-state index contributed by atoms with van der Waals surface area (Å²) in [7, 11) is 0. The van der Waals surface area contributed by atoms with Crippen molar-refractivity contribution in [2.45, 2.75) is 31.2 Å². The minimum absolute atomic E-state index is 0.102. The lowest BCUT2D eigenvalue weighted by Gasteiger charge is -2.11. The molecule has 0 saturated heterocycles. The van der Waals surface area contributed by atoms with Gasteiger partial charge in [-0.3, -0.25) is 4.79 Å². The van der Waals surface area contributed by atoms with Gasteiger partial charge in [-0.15, -0.1) is 0 Å². The minimum atomic E-state index is -0.272. The fourth-order valence-electron chi connectivity index (χ4n) is 3.33. The fraction of sp³-hybridized carbons (Fsp3) is 0.192. The summed E-state index contributed by atoms with van der Waals surface area (Å²) in [6, 6.07) is 21.9. The fourth-order valence-corrected chi connectivity index (χ4v) is 4.12. The number of halogens is 1. The Labute approximate surface area is 191 Å². The molecule has 4 rings (SSSR count). The van der Waals surface area contributed by atoms with E-state index in [0.29, 0.717) is 17.4 Å². The van der Waals surface area contributed by atoms with Gasteiger partial charge in [-0.1, -0.05) is 62.0 Å². The lowest BCUT2D eigenvalue weighted by atomic mass is 10.0. The molecule has 0 unspecified atom stereocenters. The number of rotatable bonds is 7. The van der Waals surface area contributed by atoms with Crippen molar-refractivity contribution in [2.75, 3.05) is 11.1 Å². The molecule has 0 atom stereocenters. The van der Waals surface area contributed by atoms with Crippen LogP contribution in [0.4, 0.5) is 10.1 Å². The molecule has 0 aliphatic heterocycles. The molecule has 0 saturated carbocycles. The number of fused-ring (bicyclic) bond motifs is 1. The molecule has 0 bridgehead atoms. The highest BCUT2D eigenvalue weighted by molar-refractivity contribution is 8.00. The number of carbonyl (C=O) groups is 1. The lowest BCUT2D eigenvalue weighted by Crippen LogP contribution is -2.14. The number of hydrogen-bond donors (Lipinski definition) is 1. The van der Waals surface area contributed by atoms with Crippen LogP contribution in [0.3, 0.4) is 0 Å². The second-order valence-corrected chi connectivity index (χ2v) is 8.85. The molecule has 1 heterocycles. The van der Waals surface area contributed by atoms with Crippen LogP contribution in [0.2, 0.25) is 0 Å². The van der Waals surface area contributed by atoms with Gasteiger partial charge in [-0.2, -0.15) is 0 Å². The largest absolute Gasteiger partial charge is 0.325 e. The molecule has 0 radical (unpaired) electrons. The van der Waals surface area contributed by atoms with E-state index in [1.54, 1.807) is 12.1 Å². The van der Waals surface area contributed by atoms with Crippen molar-refractivity contribution in [1.82, 2.24) is 9.97 Å². The monoisotopic (exact) mass is 445 g/mol. The van der Waals surface area contributed by atoms with Crippen LogP contribution in [0.15, 0.2) is 77.8 Å². The van der Waals surface area contributed by atoms with E-state index < -0.39 is 0 Å². The predicted octanol–water partition coefficient (Wildman–Crippen LogP) is 6.21. The molecule has 1 N–H and O–H groups in total. The molecular weight excluding hydrogens is 421 g/mol. The highest BCUT2D eigenvalue weighted by Gasteiger charge is 2.13. The highest BCUT2D eigenvalue weighted by atomic mass is 32.2. The van der Waals surface area contributed by atoms with Crippen molar-refractivity contribution in [2.24, 2.45) is 0 Å². The number of nitrogens with one attached hydrogen (secondary N) is 1. The van der Waals surface area contributed by atoms with Gasteiger partial charge in [-0.25, -0.2) is 14.4 Å². The normalized spacial score (nSPS) is 11.1. The van der Waals surface area contributed by atoms with Gasteiger partial charge in [0.1, 0.15) is 10.8 Å². The molecule has 1 aromatic heterocycles. The van der Waals surface area contributed by atoms with Crippen molar-refractivity contribution >= 4 is 34.4 Å². The summed E-state index contributed by atoms with van der Waals surface area (Å²) in [5, 5.41) is 3.65. The van der Waals surface area contributed by atoms with Crippen LogP contribution in [-0.2, 0) is 11.2 Å². The molecule has 32 heavy (non-hydrogen) atoms. The van der Waals surface area contributed by atoms with Gasteiger partial charge in [0, 0.05) is 12.1 Å². The Morgan fingerprint density at radius 1 is 0.938 bits per heavy atom. The van der Waals surface area contributed by atoms with Crippen molar-refractivity contribution < 1.29 is 9.18 Å². The first kappa shape index (κ1) is 22.0. The standard InChI is InChI=1S/C26H24FN3OS/c1-17(2)19-9-13-21(14-10-19)28-25(31)16-32-26-24(15-18-7-11-20(27)12-8-18)29-22-5-3-4-6-23(22)30-26/h3-14,17H,15-16H2,1-2H3,(H,28,31). The van der Waals surface area contributed by atoms with E-state index >= 15 is 0 Å². The number of thioether (sulfide) groups is 1. The first-order valence-corrected chi connectivity index (χ1v) is 11.5. The smallest absolute Gasteiger partial charge is 0.234 e. The number of carbonyl (C=O) groups excluding carboxylic acids is 1. The van der Waals surface area contributed by atoms with Crippen LogP contribution < -0.4 is 5.32 Å². The number of aromatic nitrogens is 2. The Hall–Kier alpha value is -3.25. The van der Waals surface area contributed by atoms with Gasteiger partial charge in [0.05, 0.1) is 22.5 Å². The minimum Gasteiger partial charge on any atom is -0.325 e. The van der Waals surface area contributed by atoms with E-state index in [-0.39, 0.29) is 17.5 Å². The zero-order valence-corrected chi connectivity index (χ0v) is 18.8. The van der Waals surface area contributed by atoms with Crippen LogP contribution >= 0.6 is 11.8 Å². The number of anilines is 1. The highest BCUT2D eigenvalue weighted by Crippen LogP contribution is 2.25. The zero-order chi connectivity index (χ0) is 22.5. The average molecular weight is 446 g/mol. The summed E-state index contributed by atoms with van der Waals surface area (Å²) < 4.78 is 13.3. The van der Waals surface area contributed by atoms with Gasteiger partial charge in [0.15, 0.2) is 0 Å². The number of benzene rings is 3. The van der Waals surface area contributed by atoms with Crippen molar-refractivity contribution in [3.63, 3.8) is 0 Å². The lowest BCUT2D eigenvalue weighted by molar-refractivity contribution is -0.113. The molecule has 6 heteroatoms. The number of hydrogen-bond acceptors (Lipinski definition) is 4. The Kier molecular flexibility index (Phi) is 6.81. The Balaban J connectivity index is 1.50. The second-order valence-electron chi connectivity index (χ2n) is 7.88.